The van der Waals surface area contributed by atoms with Crippen LogP contribution in [0, 0.1) is 0 Å². The van der Waals surface area contributed by atoms with E-state index in [1.54, 1.807) is 12.1 Å². The Morgan fingerprint density at radius 3 is 2.70 bits per heavy atom. The smallest absolute Gasteiger partial charge is 0.431 e. The van der Waals surface area contributed by atoms with Crippen LogP contribution in [0.2, 0.25) is 5.02 Å². The first-order valence-electron chi connectivity index (χ1n) is 9.35. The quantitative estimate of drug-likeness (QED) is 0.658. The number of nitrogens with zero attached hydrogens (tertiary/aromatic N) is 1. The Morgan fingerprint density at radius 1 is 1.30 bits per heavy atom. The van der Waals surface area contributed by atoms with Gasteiger partial charge in [-0.25, -0.2) is 0 Å². The lowest BCUT2D eigenvalue weighted by molar-refractivity contribution is -0.186. The molecule has 0 spiro atoms. The zero-order valence-electron chi connectivity index (χ0n) is 16.3. The predicted octanol–water partition coefficient (Wildman–Crippen LogP) is 4.32. The Bertz CT molecular complexity index is 878. The molecular weight excluding hydrogens is 420 g/mol. The van der Waals surface area contributed by atoms with Gasteiger partial charge in [-0.05, 0) is 29.8 Å². The minimum atomic E-state index is -3.69. The molecule has 2 aromatic rings. The maximum atomic E-state index is 14.7. The van der Waals surface area contributed by atoms with E-state index >= 15 is 0 Å². The number of rotatable bonds is 8. The third-order valence-electron chi connectivity index (χ3n) is 4.78. The van der Waals surface area contributed by atoms with Crippen LogP contribution in [0.5, 0.6) is 11.5 Å². The summed E-state index contributed by atoms with van der Waals surface area (Å²) in [5.74, 6) is -0.957. The highest BCUT2D eigenvalue weighted by atomic mass is 35.5. The number of carboxylic acids is 1. The van der Waals surface area contributed by atoms with Gasteiger partial charge in [0.05, 0.1) is 31.3 Å². The first kappa shape index (κ1) is 22.3. The van der Waals surface area contributed by atoms with Crippen molar-refractivity contribution < 1.29 is 32.9 Å². The molecular formula is C21H22ClF2NO5. The number of carboxylic acid groups (broad SMARTS) is 1. The monoisotopic (exact) mass is 441 g/mol. The fourth-order valence-corrected chi connectivity index (χ4v) is 3.54. The van der Waals surface area contributed by atoms with Gasteiger partial charge in [0.25, 0.3) is 0 Å². The van der Waals surface area contributed by atoms with Crippen molar-refractivity contribution in [2.24, 2.45) is 0 Å². The lowest BCUT2D eigenvalue weighted by Crippen LogP contribution is -2.39. The second-order valence-electron chi connectivity index (χ2n) is 6.81. The molecule has 1 unspecified atom stereocenters. The average molecular weight is 442 g/mol. The van der Waals surface area contributed by atoms with E-state index in [0.717, 1.165) is 5.56 Å². The highest BCUT2D eigenvalue weighted by molar-refractivity contribution is 6.31. The maximum absolute atomic E-state index is 14.7. The van der Waals surface area contributed by atoms with E-state index in [0.29, 0.717) is 26.2 Å². The van der Waals surface area contributed by atoms with Gasteiger partial charge in [-0.15, -0.1) is 0 Å². The van der Waals surface area contributed by atoms with Crippen molar-refractivity contribution >= 4 is 17.6 Å². The van der Waals surface area contributed by atoms with Crippen molar-refractivity contribution in [3.05, 3.63) is 58.6 Å². The highest BCUT2D eigenvalue weighted by Crippen LogP contribution is 2.41. The average Bonchev–Trinajstić information content (AvgIpc) is 2.72. The molecule has 1 atom stereocenters. The van der Waals surface area contributed by atoms with Gasteiger partial charge in [-0.3, -0.25) is 9.69 Å². The van der Waals surface area contributed by atoms with Crippen LogP contribution in [-0.2, 0) is 15.6 Å². The number of alkyl halides is 2. The molecule has 3 rings (SSSR count). The summed E-state index contributed by atoms with van der Waals surface area (Å²) in [6.07, 6.45) is -3.91. The molecule has 6 nitrogen and oxygen atoms in total. The lowest BCUT2D eigenvalue weighted by Gasteiger charge is -2.32. The number of aliphatic carboxylic acids is 1. The highest BCUT2D eigenvalue weighted by Gasteiger charge is 2.40. The van der Waals surface area contributed by atoms with E-state index in [9.17, 15) is 13.6 Å². The third-order valence-corrected chi connectivity index (χ3v) is 5.09. The van der Waals surface area contributed by atoms with E-state index in [1.165, 1.54) is 37.4 Å². The van der Waals surface area contributed by atoms with Gasteiger partial charge in [0, 0.05) is 19.6 Å². The summed E-state index contributed by atoms with van der Waals surface area (Å²) >= 11 is 5.95. The molecule has 1 fully saturated rings. The number of hydrogen-bond donors (Lipinski definition) is 1. The minimum absolute atomic E-state index is 0.0377. The summed E-state index contributed by atoms with van der Waals surface area (Å²) in [4.78, 5) is 12.8. The van der Waals surface area contributed by atoms with Crippen LogP contribution in [0.25, 0.3) is 0 Å². The Balaban J connectivity index is 1.69. The molecule has 1 heterocycles. The van der Waals surface area contributed by atoms with Crippen molar-refractivity contribution in [3.63, 3.8) is 0 Å². The Labute approximate surface area is 177 Å². The molecule has 1 N–H and O–H groups in total. The van der Waals surface area contributed by atoms with Gasteiger partial charge in [0.2, 0.25) is 0 Å². The van der Waals surface area contributed by atoms with E-state index in [2.05, 4.69) is 0 Å². The SMILES string of the molecule is COc1cccc(Cl)c1C(F)(F)Oc1ccc(C2CN(CCC(=O)O)CCO2)cc1. The molecule has 162 valence electrons. The lowest BCUT2D eigenvalue weighted by atomic mass is 10.1. The van der Waals surface area contributed by atoms with Crippen LogP contribution in [0.1, 0.15) is 23.7 Å². The molecule has 1 aliphatic heterocycles. The zero-order chi connectivity index (χ0) is 21.7. The number of halogens is 3. The van der Waals surface area contributed by atoms with Crippen molar-refractivity contribution in [1.82, 2.24) is 4.90 Å². The van der Waals surface area contributed by atoms with Crippen LogP contribution in [0.15, 0.2) is 42.5 Å². The van der Waals surface area contributed by atoms with E-state index in [4.69, 9.17) is 30.9 Å². The van der Waals surface area contributed by atoms with Crippen molar-refractivity contribution in [3.8, 4) is 11.5 Å². The second kappa shape index (κ2) is 9.59. The number of ether oxygens (including phenoxy) is 3. The molecule has 1 aliphatic rings. The van der Waals surface area contributed by atoms with Crippen LogP contribution < -0.4 is 9.47 Å². The maximum Gasteiger partial charge on any atom is 0.431 e. The van der Waals surface area contributed by atoms with Crippen molar-refractivity contribution in [2.75, 3.05) is 33.4 Å². The van der Waals surface area contributed by atoms with Gasteiger partial charge in [0.15, 0.2) is 0 Å². The molecule has 0 amide bonds. The van der Waals surface area contributed by atoms with Gasteiger partial charge < -0.3 is 19.3 Å². The molecule has 9 heteroatoms. The number of benzene rings is 2. The van der Waals surface area contributed by atoms with Crippen molar-refractivity contribution in [2.45, 2.75) is 18.6 Å². The molecule has 0 aliphatic carbocycles. The molecule has 0 bridgehead atoms. The summed E-state index contributed by atoms with van der Waals surface area (Å²) in [5, 5.41) is 8.67. The van der Waals surface area contributed by atoms with Crippen LogP contribution in [0.3, 0.4) is 0 Å². The molecule has 0 saturated carbocycles. The molecule has 1 saturated heterocycles. The number of hydrogen-bond acceptors (Lipinski definition) is 5. The standard InChI is InChI=1S/C21H22ClF2NO5/c1-28-17-4-2-3-16(22)20(17)21(23,24)30-15-7-5-14(6-8-15)18-13-25(11-12-29-18)10-9-19(26)27/h2-8,18H,9-13H2,1H3,(H,26,27). The fourth-order valence-electron chi connectivity index (χ4n) is 3.27. The summed E-state index contributed by atoms with van der Waals surface area (Å²) in [6.45, 7) is 2.08. The van der Waals surface area contributed by atoms with Gasteiger partial charge >= 0.3 is 12.1 Å². The second-order valence-corrected chi connectivity index (χ2v) is 7.22. The van der Waals surface area contributed by atoms with Crippen molar-refractivity contribution in [1.29, 1.82) is 0 Å². The Hall–Kier alpha value is -2.42. The third kappa shape index (κ3) is 5.38. The largest absolute Gasteiger partial charge is 0.496 e. The first-order valence-corrected chi connectivity index (χ1v) is 9.73. The van der Waals surface area contributed by atoms with Crippen LogP contribution in [0.4, 0.5) is 8.78 Å². The Kier molecular flexibility index (Phi) is 7.12. The van der Waals surface area contributed by atoms with Gasteiger partial charge in [0.1, 0.15) is 17.1 Å². The summed E-state index contributed by atoms with van der Waals surface area (Å²) < 4.78 is 45.1. The molecule has 0 radical (unpaired) electrons. The molecule has 0 aromatic heterocycles. The minimum Gasteiger partial charge on any atom is -0.496 e. The predicted molar refractivity (Wildman–Crippen MR) is 106 cm³/mol. The van der Waals surface area contributed by atoms with E-state index < -0.39 is 17.6 Å². The first-order chi connectivity index (χ1) is 14.3. The van der Waals surface area contributed by atoms with Gasteiger partial charge in [-0.2, -0.15) is 8.78 Å². The number of methoxy groups -OCH3 is 1. The molecule has 30 heavy (non-hydrogen) atoms. The van der Waals surface area contributed by atoms with E-state index in [-0.39, 0.29) is 29.0 Å². The normalized spacial score (nSPS) is 17.5. The van der Waals surface area contributed by atoms with E-state index in [1.807, 2.05) is 4.90 Å². The molecule has 2 aromatic carbocycles. The van der Waals surface area contributed by atoms with Gasteiger partial charge in [-0.1, -0.05) is 29.8 Å². The summed E-state index contributed by atoms with van der Waals surface area (Å²) in [5.41, 5.74) is 0.254. The van der Waals surface area contributed by atoms with Crippen LogP contribution in [-0.4, -0.2) is 49.3 Å². The fraction of sp³-hybridized carbons (Fsp3) is 0.381. The summed E-state index contributed by atoms with van der Waals surface area (Å²) in [7, 11) is 1.28. The summed E-state index contributed by atoms with van der Waals surface area (Å²) in [6, 6.07) is 10.4. The topological polar surface area (TPSA) is 68.2 Å². The number of morpholine rings is 1. The zero-order valence-corrected chi connectivity index (χ0v) is 17.1. The number of carbonyl (C=O) groups is 1. The van der Waals surface area contributed by atoms with Crippen LogP contribution >= 0.6 is 11.6 Å². The Morgan fingerprint density at radius 2 is 2.03 bits per heavy atom.